The zero-order valence-electron chi connectivity index (χ0n) is 15.1. The number of carbonyl (C=O) groups excluding carboxylic acids is 1. The van der Waals surface area contributed by atoms with Crippen molar-refractivity contribution in [2.45, 2.75) is 20.3 Å². The Morgan fingerprint density at radius 2 is 2.07 bits per heavy atom. The highest BCUT2D eigenvalue weighted by Gasteiger charge is 2.43. The lowest BCUT2D eigenvalue weighted by atomic mass is 9.90. The molecule has 0 saturated carbocycles. The first-order valence-corrected chi connectivity index (χ1v) is 8.69. The van der Waals surface area contributed by atoms with Crippen LogP contribution in [0.25, 0.3) is 16.6 Å². The Morgan fingerprint density at radius 1 is 1.26 bits per heavy atom. The number of aliphatic carboxylic acids is 1. The van der Waals surface area contributed by atoms with E-state index >= 15 is 0 Å². The molecular weight excluding hydrogens is 346 g/mol. The van der Waals surface area contributed by atoms with Crippen LogP contribution in [0.1, 0.15) is 29.5 Å². The summed E-state index contributed by atoms with van der Waals surface area (Å²) in [7, 11) is 0. The van der Waals surface area contributed by atoms with Gasteiger partial charge in [-0.25, -0.2) is 4.68 Å². The van der Waals surface area contributed by atoms with Gasteiger partial charge in [0.05, 0.1) is 22.3 Å². The maximum absolute atomic E-state index is 12.8. The molecule has 1 saturated heterocycles. The molecule has 0 spiro atoms. The molecule has 3 aromatic rings. The molecule has 4 rings (SSSR count). The third-order valence-electron chi connectivity index (χ3n) is 5.21. The van der Waals surface area contributed by atoms with Crippen LogP contribution < -0.4 is 0 Å². The third kappa shape index (κ3) is 2.83. The number of carboxylic acid groups (broad SMARTS) is 1. The summed E-state index contributed by atoms with van der Waals surface area (Å²) in [4.78, 5) is 30.1. The number of hydrogen-bond donors (Lipinski definition) is 1. The summed E-state index contributed by atoms with van der Waals surface area (Å²) >= 11 is 0. The van der Waals surface area contributed by atoms with Gasteiger partial charge in [0.25, 0.3) is 5.91 Å². The molecule has 1 atom stereocenters. The monoisotopic (exact) mass is 365 g/mol. The number of pyridine rings is 1. The van der Waals surface area contributed by atoms with Crippen molar-refractivity contribution < 1.29 is 14.7 Å². The van der Waals surface area contributed by atoms with Gasteiger partial charge in [0, 0.05) is 24.7 Å². The van der Waals surface area contributed by atoms with E-state index in [1.165, 1.54) is 0 Å². The van der Waals surface area contributed by atoms with E-state index in [4.69, 9.17) is 0 Å². The van der Waals surface area contributed by atoms with E-state index in [0.29, 0.717) is 18.7 Å². The molecule has 1 aromatic carbocycles. The fraction of sp³-hybridized carbons (Fsp3) is 0.316. The molecule has 27 heavy (non-hydrogen) atoms. The van der Waals surface area contributed by atoms with Gasteiger partial charge >= 0.3 is 5.97 Å². The number of aromatic nitrogens is 4. The highest BCUT2D eigenvalue weighted by Crippen LogP contribution is 2.31. The van der Waals surface area contributed by atoms with Crippen molar-refractivity contribution in [3.05, 3.63) is 47.9 Å². The van der Waals surface area contributed by atoms with Crippen LogP contribution in [0.15, 0.2) is 36.5 Å². The van der Waals surface area contributed by atoms with Crippen LogP contribution >= 0.6 is 0 Å². The average molecular weight is 365 g/mol. The molecule has 1 aliphatic heterocycles. The maximum atomic E-state index is 12.8. The van der Waals surface area contributed by atoms with Crippen molar-refractivity contribution in [1.82, 2.24) is 24.9 Å². The van der Waals surface area contributed by atoms with Crippen LogP contribution in [0.4, 0.5) is 0 Å². The number of fused-ring (bicyclic) bond motifs is 1. The number of rotatable bonds is 3. The van der Waals surface area contributed by atoms with Gasteiger partial charge in [-0.3, -0.25) is 14.6 Å². The van der Waals surface area contributed by atoms with Crippen molar-refractivity contribution in [2.24, 2.45) is 5.41 Å². The van der Waals surface area contributed by atoms with E-state index < -0.39 is 11.4 Å². The first kappa shape index (κ1) is 17.1. The predicted octanol–water partition coefficient (Wildman–Crippen LogP) is 2.06. The lowest BCUT2D eigenvalue weighted by Crippen LogP contribution is -2.35. The normalized spacial score (nSPS) is 19.6. The highest BCUT2D eigenvalue weighted by atomic mass is 16.4. The summed E-state index contributed by atoms with van der Waals surface area (Å²) in [6, 6.07) is 9.54. The Hall–Kier alpha value is -3.29. The minimum atomic E-state index is -0.912. The Labute approximate surface area is 155 Å². The van der Waals surface area contributed by atoms with Gasteiger partial charge in [-0.15, -0.1) is 5.10 Å². The first-order valence-electron chi connectivity index (χ1n) is 8.69. The molecule has 1 N–H and O–H groups in total. The lowest BCUT2D eigenvalue weighted by molar-refractivity contribution is -0.147. The molecule has 3 heterocycles. The zero-order valence-corrected chi connectivity index (χ0v) is 15.1. The number of hydrogen-bond acceptors (Lipinski definition) is 5. The van der Waals surface area contributed by atoms with E-state index in [1.807, 2.05) is 30.3 Å². The quantitative estimate of drug-likeness (QED) is 0.762. The summed E-state index contributed by atoms with van der Waals surface area (Å²) in [5, 5.41) is 18.5. The summed E-state index contributed by atoms with van der Waals surface area (Å²) in [6.07, 6.45) is 2.17. The van der Waals surface area contributed by atoms with Gasteiger partial charge in [-0.05, 0) is 44.5 Å². The van der Waals surface area contributed by atoms with Crippen molar-refractivity contribution in [1.29, 1.82) is 0 Å². The number of amides is 1. The van der Waals surface area contributed by atoms with Gasteiger partial charge < -0.3 is 10.0 Å². The van der Waals surface area contributed by atoms with Crippen LogP contribution in [0.3, 0.4) is 0 Å². The van der Waals surface area contributed by atoms with Gasteiger partial charge in [-0.1, -0.05) is 11.3 Å². The zero-order chi connectivity index (χ0) is 19.2. The number of carbonyl (C=O) groups is 2. The molecular formula is C19H19N5O3. The Kier molecular flexibility index (Phi) is 3.91. The lowest BCUT2D eigenvalue weighted by Gasteiger charge is -2.19. The minimum absolute atomic E-state index is 0.176. The maximum Gasteiger partial charge on any atom is 0.311 e. The van der Waals surface area contributed by atoms with Crippen LogP contribution in [0.2, 0.25) is 0 Å². The molecule has 0 aliphatic carbocycles. The molecule has 1 aliphatic rings. The summed E-state index contributed by atoms with van der Waals surface area (Å²) in [5.41, 5.74) is 1.62. The number of nitrogens with zero attached hydrogens (tertiary/aromatic N) is 5. The van der Waals surface area contributed by atoms with Crippen LogP contribution in [0.5, 0.6) is 0 Å². The average Bonchev–Trinajstić information content (AvgIpc) is 3.25. The fourth-order valence-electron chi connectivity index (χ4n) is 3.43. The Bertz CT molecular complexity index is 1060. The number of benzene rings is 1. The number of likely N-dealkylation sites (tertiary alicyclic amines) is 1. The molecule has 2 aromatic heterocycles. The largest absolute Gasteiger partial charge is 0.481 e. The molecule has 8 heteroatoms. The van der Waals surface area contributed by atoms with Crippen LogP contribution in [0, 0.1) is 12.3 Å². The van der Waals surface area contributed by atoms with Gasteiger partial charge in [0.1, 0.15) is 0 Å². The van der Waals surface area contributed by atoms with Gasteiger partial charge in [0.15, 0.2) is 5.69 Å². The van der Waals surface area contributed by atoms with E-state index in [0.717, 1.165) is 16.6 Å². The smallest absolute Gasteiger partial charge is 0.311 e. The van der Waals surface area contributed by atoms with Crippen LogP contribution in [-0.2, 0) is 4.79 Å². The molecule has 8 nitrogen and oxygen atoms in total. The molecule has 0 bridgehead atoms. The van der Waals surface area contributed by atoms with Crippen molar-refractivity contribution in [2.75, 3.05) is 13.1 Å². The number of carboxylic acids is 1. The van der Waals surface area contributed by atoms with Crippen molar-refractivity contribution >= 4 is 22.8 Å². The second-order valence-electron chi connectivity index (χ2n) is 7.16. The molecule has 138 valence electrons. The van der Waals surface area contributed by atoms with E-state index in [2.05, 4.69) is 15.3 Å². The minimum Gasteiger partial charge on any atom is -0.481 e. The second kappa shape index (κ2) is 6.15. The van der Waals surface area contributed by atoms with Crippen molar-refractivity contribution in [3.63, 3.8) is 0 Å². The van der Waals surface area contributed by atoms with Crippen LogP contribution in [-0.4, -0.2) is 55.0 Å². The summed E-state index contributed by atoms with van der Waals surface area (Å²) in [5.74, 6) is -1.17. The van der Waals surface area contributed by atoms with Gasteiger partial charge in [0.2, 0.25) is 0 Å². The highest BCUT2D eigenvalue weighted by molar-refractivity contribution is 5.94. The van der Waals surface area contributed by atoms with Crippen molar-refractivity contribution in [3.8, 4) is 5.69 Å². The Morgan fingerprint density at radius 3 is 2.81 bits per heavy atom. The predicted molar refractivity (Wildman–Crippen MR) is 97.7 cm³/mol. The van der Waals surface area contributed by atoms with E-state index in [9.17, 15) is 14.7 Å². The topological polar surface area (TPSA) is 101 Å². The van der Waals surface area contributed by atoms with Gasteiger partial charge in [-0.2, -0.15) is 0 Å². The standard InChI is InChI=1S/C19H19N5O3/c1-12-16(17(25)23-9-7-19(2,11-23)18(26)27)21-22-24(12)14-5-6-15-13(10-14)4-3-8-20-15/h3-6,8,10H,7,9,11H2,1-2H3,(H,26,27). The summed E-state index contributed by atoms with van der Waals surface area (Å²) < 4.78 is 1.62. The fourth-order valence-corrected chi connectivity index (χ4v) is 3.43. The Balaban J connectivity index is 1.64. The summed E-state index contributed by atoms with van der Waals surface area (Å²) in [6.45, 7) is 4.02. The molecule has 0 radical (unpaired) electrons. The SMILES string of the molecule is Cc1c(C(=O)N2CCC(C)(C(=O)O)C2)nnn1-c1ccc2ncccc2c1. The first-order chi connectivity index (χ1) is 12.9. The molecule has 1 fully saturated rings. The second-order valence-corrected chi connectivity index (χ2v) is 7.16. The molecule has 1 amide bonds. The van der Waals surface area contributed by atoms with E-state index in [-0.39, 0.29) is 18.1 Å². The molecule has 1 unspecified atom stereocenters. The third-order valence-corrected chi connectivity index (χ3v) is 5.21. The van der Waals surface area contributed by atoms with E-state index in [1.54, 1.807) is 29.6 Å².